The first-order valence-electron chi connectivity index (χ1n) is 22.1. The maximum atomic E-state index is 2.58. The van der Waals surface area contributed by atoms with Crippen LogP contribution < -0.4 is 4.90 Å². The van der Waals surface area contributed by atoms with Crippen molar-refractivity contribution in [2.45, 2.75) is 53.9 Å². The number of benzene rings is 10. The number of thiophene rings is 2. The largest absolute Gasteiger partial charge is 0.310 e. The van der Waals surface area contributed by atoms with Crippen molar-refractivity contribution in [2.24, 2.45) is 0 Å². The molecular weight excluding hydrogens is 799 g/mol. The third-order valence-electron chi connectivity index (χ3n) is 13.6. The fraction of sp³-hybridized carbons (Fsp3) is 0.133. The summed E-state index contributed by atoms with van der Waals surface area (Å²) in [7, 11) is 0. The van der Waals surface area contributed by atoms with E-state index in [1.807, 2.05) is 22.7 Å². The van der Waals surface area contributed by atoms with Gasteiger partial charge in [0.2, 0.25) is 0 Å². The van der Waals surface area contributed by atoms with Crippen molar-refractivity contribution in [1.29, 1.82) is 0 Å². The zero-order valence-corrected chi connectivity index (χ0v) is 38.4. The number of para-hydroxylation sites is 2. The van der Waals surface area contributed by atoms with Gasteiger partial charge >= 0.3 is 0 Å². The van der Waals surface area contributed by atoms with Crippen LogP contribution in [0.2, 0.25) is 0 Å². The summed E-state index contributed by atoms with van der Waals surface area (Å²) in [6, 6.07) is 59.6. The molecule has 0 atom stereocenters. The maximum absolute atomic E-state index is 2.58. The number of hydrogen-bond acceptors (Lipinski definition) is 3. The predicted octanol–water partition coefficient (Wildman–Crippen LogP) is 18.7. The quantitative estimate of drug-likeness (QED) is 0.156. The molecule has 0 aliphatic rings. The fourth-order valence-corrected chi connectivity index (χ4v) is 13.1. The van der Waals surface area contributed by atoms with Crippen LogP contribution in [0.4, 0.5) is 17.1 Å². The third kappa shape index (κ3) is 5.79. The molecular formula is C60H47NS2. The fourth-order valence-electron chi connectivity index (χ4n) is 10.6. The van der Waals surface area contributed by atoms with E-state index in [1.54, 1.807) is 0 Å². The lowest BCUT2D eigenvalue weighted by atomic mass is 9.82. The SMILES string of the molecule is Cc1cccc(C)c1-c1cc2c3sc4ccc(N(c5ccccc5)c5ccccc5)cc4c3cc3c(-c4c(C)cccc4C)cc4c5sc6cc(C(C)(C)C)ccc6c5cc1c4c32. The summed E-state index contributed by atoms with van der Waals surface area (Å²) in [6.45, 7) is 16.1. The Balaban J connectivity index is 1.27. The third-order valence-corrected chi connectivity index (χ3v) is 16.1. The minimum Gasteiger partial charge on any atom is -0.310 e. The van der Waals surface area contributed by atoms with Gasteiger partial charge in [0, 0.05) is 68.2 Å². The van der Waals surface area contributed by atoms with Gasteiger partial charge in [-0.2, -0.15) is 0 Å². The van der Waals surface area contributed by atoms with Crippen molar-refractivity contribution >= 4 is 112 Å². The average molecular weight is 846 g/mol. The van der Waals surface area contributed by atoms with E-state index in [1.165, 1.54) is 123 Å². The molecule has 304 valence electrons. The molecule has 2 aromatic heterocycles. The van der Waals surface area contributed by atoms with Crippen LogP contribution in [0, 0.1) is 27.7 Å². The van der Waals surface area contributed by atoms with Gasteiger partial charge in [0.1, 0.15) is 0 Å². The molecule has 12 rings (SSSR count). The molecule has 0 N–H and O–H groups in total. The topological polar surface area (TPSA) is 3.24 Å². The molecule has 0 fully saturated rings. The Labute approximate surface area is 376 Å². The highest BCUT2D eigenvalue weighted by Crippen LogP contribution is 2.54. The van der Waals surface area contributed by atoms with Crippen LogP contribution in [-0.4, -0.2) is 0 Å². The van der Waals surface area contributed by atoms with Crippen molar-refractivity contribution in [1.82, 2.24) is 0 Å². The van der Waals surface area contributed by atoms with E-state index in [9.17, 15) is 0 Å². The molecule has 0 aliphatic carbocycles. The zero-order valence-electron chi connectivity index (χ0n) is 36.8. The number of fused-ring (bicyclic) bond motifs is 8. The normalized spacial score (nSPS) is 12.4. The first-order chi connectivity index (χ1) is 30.5. The molecule has 1 nitrogen and oxygen atoms in total. The lowest BCUT2D eigenvalue weighted by Gasteiger charge is -2.25. The number of nitrogens with zero attached hydrogens (tertiary/aromatic N) is 1. The second kappa shape index (κ2) is 14.0. The van der Waals surface area contributed by atoms with Gasteiger partial charge in [-0.1, -0.05) is 106 Å². The van der Waals surface area contributed by atoms with Crippen molar-refractivity contribution in [3.8, 4) is 22.3 Å². The molecule has 0 saturated carbocycles. The summed E-state index contributed by atoms with van der Waals surface area (Å²) < 4.78 is 5.38. The summed E-state index contributed by atoms with van der Waals surface area (Å²) in [5, 5.41) is 13.4. The highest BCUT2D eigenvalue weighted by molar-refractivity contribution is 7.27. The Kier molecular flexibility index (Phi) is 8.48. The molecule has 0 amide bonds. The van der Waals surface area contributed by atoms with E-state index in [4.69, 9.17) is 0 Å². The molecule has 10 aromatic carbocycles. The van der Waals surface area contributed by atoms with E-state index < -0.39 is 0 Å². The monoisotopic (exact) mass is 845 g/mol. The van der Waals surface area contributed by atoms with Gasteiger partial charge in [0.15, 0.2) is 0 Å². The van der Waals surface area contributed by atoms with Gasteiger partial charge in [0.05, 0.1) is 0 Å². The van der Waals surface area contributed by atoms with Gasteiger partial charge in [-0.15, -0.1) is 22.7 Å². The predicted molar refractivity (Wildman–Crippen MR) is 279 cm³/mol. The minimum atomic E-state index is 0.0666. The average Bonchev–Trinajstić information content (AvgIpc) is 3.84. The number of hydrogen-bond donors (Lipinski definition) is 0. The standard InChI is InChI=1S/C60H47NS2/c1-34-16-14-17-35(2)54(34)44-33-51-57-47(31-49-43-29-41(25-27-52(43)62-59(49)51)61(39-20-10-8-11-21-39)40-22-12-9-13-23-40)45(55-36(3)18-15-19-37(55)4)32-50-56(57)46(44)30-48-42-26-24-38(60(5,6)7)28-53(42)63-58(48)50/h8-33H,1-7H3. The van der Waals surface area contributed by atoms with Gasteiger partial charge in [0.25, 0.3) is 0 Å². The minimum absolute atomic E-state index is 0.0666. The maximum Gasteiger partial charge on any atom is 0.0468 e. The van der Waals surface area contributed by atoms with E-state index in [-0.39, 0.29) is 5.41 Å². The molecule has 3 heteroatoms. The summed E-state index contributed by atoms with van der Waals surface area (Å²) in [6.07, 6.45) is 0. The Morgan fingerprint density at radius 2 is 0.857 bits per heavy atom. The Morgan fingerprint density at radius 1 is 0.365 bits per heavy atom. The Hall–Kier alpha value is -6.52. The smallest absolute Gasteiger partial charge is 0.0468 e. The van der Waals surface area contributed by atoms with Gasteiger partial charge in [-0.3, -0.25) is 0 Å². The van der Waals surface area contributed by atoms with Gasteiger partial charge in [-0.05, 0) is 178 Å². The van der Waals surface area contributed by atoms with E-state index >= 15 is 0 Å². The number of aryl methyl sites for hydroxylation is 4. The molecule has 0 radical (unpaired) electrons. The summed E-state index contributed by atoms with van der Waals surface area (Å²) in [5.74, 6) is 0. The van der Waals surface area contributed by atoms with Crippen molar-refractivity contribution in [2.75, 3.05) is 4.90 Å². The molecule has 0 unspecified atom stereocenters. The highest BCUT2D eigenvalue weighted by Gasteiger charge is 2.26. The first-order valence-corrected chi connectivity index (χ1v) is 23.7. The molecule has 0 bridgehead atoms. The zero-order chi connectivity index (χ0) is 42.9. The van der Waals surface area contributed by atoms with Crippen LogP contribution >= 0.6 is 22.7 Å². The lowest BCUT2D eigenvalue weighted by Crippen LogP contribution is -2.10. The second-order valence-electron chi connectivity index (χ2n) is 18.7. The van der Waals surface area contributed by atoms with Crippen LogP contribution in [0.15, 0.2) is 158 Å². The first kappa shape index (κ1) is 38.2. The van der Waals surface area contributed by atoms with Gasteiger partial charge < -0.3 is 4.90 Å². The Morgan fingerprint density at radius 3 is 1.37 bits per heavy atom. The molecule has 0 aliphatic heterocycles. The summed E-state index contributed by atoms with van der Waals surface area (Å²) >= 11 is 3.91. The van der Waals surface area contributed by atoms with Crippen LogP contribution in [-0.2, 0) is 5.41 Å². The molecule has 2 heterocycles. The molecule has 0 spiro atoms. The van der Waals surface area contributed by atoms with Crippen LogP contribution in [0.25, 0.3) is 94.9 Å². The van der Waals surface area contributed by atoms with E-state index in [2.05, 4.69) is 211 Å². The number of rotatable bonds is 5. The summed E-state index contributed by atoms with van der Waals surface area (Å²) in [4.78, 5) is 2.38. The van der Waals surface area contributed by atoms with Crippen LogP contribution in [0.3, 0.4) is 0 Å². The van der Waals surface area contributed by atoms with Gasteiger partial charge in [-0.25, -0.2) is 0 Å². The van der Waals surface area contributed by atoms with Crippen molar-refractivity contribution < 1.29 is 0 Å². The summed E-state index contributed by atoms with van der Waals surface area (Å²) in [5.41, 5.74) is 15.4. The molecule has 63 heavy (non-hydrogen) atoms. The highest BCUT2D eigenvalue weighted by atomic mass is 32.1. The second-order valence-corrected chi connectivity index (χ2v) is 20.8. The van der Waals surface area contributed by atoms with Crippen LogP contribution in [0.5, 0.6) is 0 Å². The molecule has 12 aromatic rings. The van der Waals surface area contributed by atoms with E-state index in [0.717, 1.165) is 17.1 Å². The molecule has 0 saturated heterocycles. The van der Waals surface area contributed by atoms with Crippen LogP contribution in [0.1, 0.15) is 48.6 Å². The van der Waals surface area contributed by atoms with Crippen molar-refractivity contribution in [3.63, 3.8) is 0 Å². The van der Waals surface area contributed by atoms with E-state index in [0.29, 0.717) is 0 Å². The van der Waals surface area contributed by atoms with Crippen molar-refractivity contribution in [3.05, 3.63) is 186 Å². The lowest BCUT2D eigenvalue weighted by molar-refractivity contribution is 0.591. The number of anilines is 3. The Bertz CT molecular complexity index is 3730.